The number of benzene rings is 2. The van der Waals surface area contributed by atoms with Crippen molar-refractivity contribution >= 4 is 40.0 Å². The van der Waals surface area contributed by atoms with Gasteiger partial charge in [0.15, 0.2) is 0 Å². The zero-order valence-corrected chi connectivity index (χ0v) is 21.3. The SMILES string of the molecule is COc1ccc(Cl)c(NCC(=O)N2CCc3nc4ccccc4c(C(=O)N4CCN(C)CC4)c3C2)c1. The minimum atomic E-state index is -0.0642. The van der Waals surface area contributed by atoms with Gasteiger partial charge in [0.05, 0.1) is 35.4 Å². The molecule has 2 amide bonds. The van der Waals surface area contributed by atoms with Crippen LogP contribution in [0.1, 0.15) is 21.6 Å². The maximum atomic E-state index is 13.8. The number of nitrogens with one attached hydrogen (secondary N) is 1. The molecule has 9 heteroatoms. The number of hydrogen-bond donors (Lipinski definition) is 1. The number of nitrogens with zero attached hydrogens (tertiary/aromatic N) is 4. The Bertz CT molecular complexity index is 1310. The first-order valence-electron chi connectivity index (χ1n) is 12.2. The van der Waals surface area contributed by atoms with E-state index in [1.807, 2.05) is 29.2 Å². The Morgan fingerprint density at radius 2 is 1.83 bits per heavy atom. The van der Waals surface area contributed by atoms with Crippen molar-refractivity contribution in [1.29, 1.82) is 0 Å². The van der Waals surface area contributed by atoms with Crippen molar-refractivity contribution in [3.05, 3.63) is 64.3 Å². The molecule has 3 aromatic rings. The van der Waals surface area contributed by atoms with Crippen LogP contribution in [-0.2, 0) is 17.8 Å². The predicted molar refractivity (Wildman–Crippen MR) is 141 cm³/mol. The Labute approximate surface area is 215 Å². The van der Waals surface area contributed by atoms with Gasteiger partial charge in [-0.2, -0.15) is 0 Å². The van der Waals surface area contributed by atoms with Crippen LogP contribution in [-0.4, -0.2) is 84.9 Å². The molecule has 2 aliphatic rings. The maximum absolute atomic E-state index is 13.8. The van der Waals surface area contributed by atoms with Crippen molar-refractivity contribution in [2.75, 3.05) is 58.7 Å². The number of amides is 2. The number of likely N-dealkylation sites (N-methyl/N-ethyl adjacent to an activating group) is 1. The summed E-state index contributed by atoms with van der Waals surface area (Å²) >= 11 is 6.29. The fraction of sp³-hybridized carbons (Fsp3) is 0.370. The Hall–Kier alpha value is -3.36. The summed E-state index contributed by atoms with van der Waals surface area (Å²) in [5.41, 5.74) is 3.90. The highest BCUT2D eigenvalue weighted by molar-refractivity contribution is 6.33. The Morgan fingerprint density at radius 3 is 2.61 bits per heavy atom. The number of rotatable bonds is 5. The van der Waals surface area contributed by atoms with Crippen LogP contribution < -0.4 is 10.1 Å². The van der Waals surface area contributed by atoms with Gasteiger partial charge in [0, 0.05) is 68.4 Å². The lowest BCUT2D eigenvalue weighted by Crippen LogP contribution is -2.48. The highest BCUT2D eigenvalue weighted by atomic mass is 35.5. The van der Waals surface area contributed by atoms with Gasteiger partial charge in [0.1, 0.15) is 5.75 Å². The zero-order valence-electron chi connectivity index (χ0n) is 20.6. The molecule has 1 aromatic heterocycles. The number of para-hydroxylation sites is 1. The summed E-state index contributed by atoms with van der Waals surface area (Å²) < 4.78 is 5.26. The van der Waals surface area contributed by atoms with Gasteiger partial charge in [-0.3, -0.25) is 14.6 Å². The molecule has 188 valence electrons. The van der Waals surface area contributed by atoms with E-state index in [9.17, 15) is 9.59 Å². The zero-order chi connectivity index (χ0) is 25.2. The molecule has 2 aromatic carbocycles. The molecule has 2 aliphatic heterocycles. The van der Waals surface area contributed by atoms with Gasteiger partial charge in [-0.05, 0) is 25.2 Å². The molecule has 0 aliphatic carbocycles. The van der Waals surface area contributed by atoms with Gasteiger partial charge in [0.2, 0.25) is 5.91 Å². The summed E-state index contributed by atoms with van der Waals surface area (Å²) in [5.74, 6) is 0.616. The van der Waals surface area contributed by atoms with E-state index in [0.717, 1.165) is 35.2 Å². The van der Waals surface area contributed by atoms with Crippen LogP contribution in [0.5, 0.6) is 5.75 Å². The van der Waals surface area contributed by atoms with Crippen LogP contribution in [0, 0.1) is 0 Å². The lowest BCUT2D eigenvalue weighted by Gasteiger charge is -2.35. The van der Waals surface area contributed by atoms with E-state index in [-0.39, 0.29) is 18.4 Å². The van der Waals surface area contributed by atoms with Crippen molar-refractivity contribution in [2.24, 2.45) is 0 Å². The molecule has 0 spiro atoms. The molecule has 3 heterocycles. The summed E-state index contributed by atoms with van der Waals surface area (Å²) in [4.78, 5) is 37.8. The Morgan fingerprint density at radius 1 is 1.06 bits per heavy atom. The van der Waals surface area contributed by atoms with E-state index < -0.39 is 0 Å². The van der Waals surface area contributed by atoms with Gasteiger partial charge < -0.3 is 24.8 Å². The van der Waals surface area contributed by atoms with E-state index in [2.05, 4.69) is 17.3 Å². The molecule has 1 N–H and O–H groups in total. The number of hydrogen-bond acceptors (Lipinski definition) is 6. The van der Waals surface area contributed by atoms with Crippen LogP contribution in [0.25, 0.3) is 10.9 Å². The fourth-order valence-corrected chi connectivity index (χ4v) is 5.05. The fourth-order valence-electron chi connectivity index (χ4n) is 4.86. The molecule has 0 saturated carbocycles. The van der Waals surface area contributed by atoms with Crippen LogP contribution in [0.15, 0.2) is 42.5 Å². The molecule has 5 rings (SSSR count). The largest absolute Gasteiger partial charge is 0.497 e. The molecule has 0 bridgehead atoms. The average molecular weight is 508 g/mol. The van der Waals surface area contributed by atoms with Crippen LogP contribution in [0.3, 0.4) is 0 Å². The number of ether oxygens (including phenoxy) is 1. The Kier molecular flexibility index (Phi) is 6.98. The number of carbonyl (C=O) groups excluding carboxylic acids is 2. The van der Waals surface area contributed by atoms with Crippen molar-refractivity contribution in [3.63, 3.8) is 0 Å². The minimum absolute atomic E-state index is 0.0218. The van der Waals surface area contributed by atoms with E-state index in [1.54, 1.807) is 30.2 Å². The number of aromatic nitrogens is 1. The number of fused-ring (bicyclic) bond motifs is 2. The first-order valence-corrected chi connectivity index (χ1v) is 12.6. The van der Waals surface area contributed by atoms with Crippen molar-refractivity contribution in [3.8, 4) is 5.75 Å². The van der Waals surface area contributed by atoms with Crippen LogP contribution >= 0.6 is 11.6 Å². The van der Waals surface area contributed by atoms with Gasteiger partial charge in [0.25, 0.3) is 5.91 Å². The van der Waals surface area contributed by atoms with Gasteiger partial charge in [-0.25, -0.2) is 0 Å². The first kappa shape index (κ1) is 24.3. The maximum Gasteiger partial charge on any atom is 0.255 e. The number of pyridine rings is 1. The molecule has 1 fully saturated rings. The quantitative estimate of drug-likeness (QED) is 0.571. The molecule has 1 saturated heterocycles. The van der Waals surface area contributed by atoms with Crippen molar-refractivity contribution < 1.29 is 14.3 Å². The topological polar surface area (TPSA) is 78.0 Å². The van der Waals surface area contributed by atoms with E-state index >= 15 is 0 Å². The smallest absolute Gasteiger partial charge is 0.255 e. The lowest BCUT2D eigenvalue weighted by molar-refractivity contribution is -0.130. The van der Waals surface area contributed by atoms with Crippen molar-refractivity contribution in [2.45, 2.75) is 13.0 Å². The third kappa shape index (κ3) is 4.83. The molecule has 0 atom stereocenters. The first-order chi connectivity index (χ1) is 17.4. The predicted octanol–water partition coefficient (Wildman–Crippen LogP) is 3.28. The number of piperazine rings is 1. The number of halogens is 1. The summed E-state index contributed by atoms with van der Waals surface area (Å²) in [5, 5.41) is 4.49. The third-order valence-corrected chi connectivity index (χ3v) is 7.34. The van der Waals surface area contributed by atoms with Gasteiger partial charge >= 0.3 is 0 Å². The van der Waals surface area contributed by atoms with E-state index in [4.69, 9.17) is 21.3 Å². The van der Waals surface area contributed by atoms with Gasteiger partial charge in [-0.15, -0.1) is 0 Å². The molecule has 0 radical (unpaired) electrons. The number of anilines is 1. The molecule has 8 nitrogen and oxygen atoms in total. The summed E-state index contributed by atoms with van der Waals surface area (Å²) in [6.07, 6.45) is 0.606. The highest BCUT2D eigenvalue weighted by Crippen LogP contribution is 2.30. The second kappa shape index (κ2) is 10.3. The number of methoxy groups -OCH3 is 1. The molecule has 0 unspecified atom stereocenters. The normalized spacial score (nSPS) is 16.1. The van der Waals surface area contributed by atoms with Crippen LogP contribution in [0.4, 0.5) is 5.69 Å². The molecule has 36 heavy (non-hydrogen) atoms. The van der Waals surface area contributed by atoms with E-state index in [1.165, 1.54) is 0 Å². The second-order valence-corrected chi connectivity index (χ2v) is 9.70. The molecular weight excluding hydrogens is 478 g/mol. The van der Waals surface area contributed by atoms with Crippen molar-refractivity contribution in [1.82, 2.24) is 19.7 Å². The number of carbonyl (C=O) groups is 2. The second-order valence-electron chi connectivity index (χ2n) is 9.29. The monoisotopic (exact) mass is 507 g/mol. The molecular formula is C27H30ClN5O3. The minimum Gasteiger partial charge on any atom is -0.497 e. The van der Waals surface area contributed by atoms with Crippen LogP contribution in [0.2, 0.25) is 5.02 Å². The summed E-state index contributed by atoms with van der Waals surface area (Å²) in [6, 6.07) is 13.1. The summed E-state index contributed by atoms with van der Waals surface area (Å²) in [6.45, 7) is 4.06. The summed E-state index contributed by atoms with van der Waals surface area (Å²) in [7, 11) is 3.66. The average Bonchev–Trinajstić information content (AvgIpc) is 2.90. The van der Waals surface area contributed by atoms with Gasteiger partial charge in [-0.1, -0.05) is 29.8 Å². The Balaban J connectivity index is 1.40. The van der Waals surface area contributed by atoms with E-state index in [0.29, 0.717) is 54.6 Å². The highest BCUT2D eigenvalue weighted by Gasteiger charge is 2.30. The lowest BCUT2D eigenvalue weighted by atomic mass is 9.94. The standard InChI is InChI=1S/C27H30ClN5O3/c1-31-11-13-32(14-12-31)27(35)26-19-5-3-4-6-22(19)30-23-9-10-33(17-20(23)26)25(34)16-29-24-15-18(36-2)7-8-21(24)28/h3-8,15,29H,9-14,16-17H2,1-2H3. The third-order valence-electron chi connectivity index (χ3n) is 7.01.